The summed E-state index contributed by atoms with van der Waals surface area (Å²) in [6.45, 7) is 4.01. The van der Waals surface area contributed by atoms with Crippen molar-refractivity contribution in [2.45, 2.75) is 31.5 Å². The van der Waals surface area contributed by atoms with Gasteiger partial charge in [0.1, 0.15) is 30.9 Å². The van der Waals surface area contributed by atoms with Crippen LogP contribution in [0.4, 0.5) is 4.39 Å². The molecule has 0 radical (unpaired) electrons. The zero-order chi connectivity index (χ0) is 19.3. The number of nitrogens with zero attached hydrogens (tertiary/aromatic N) is 2. The number of likely N-dealkylation sites (tertiary alicyclic amines) is 1. The zero-order valence-corrected chi connectivity index (χ0v) is 16.6. The van der Waals surface area contributed by atoms with Crippen molar-refractivity contribution in [1.29, 1.82) is 0 Å². The largest absolute Gasteiger partial charge is 0.491 e. The van der Waals surface area contributed by atoms with Crippen molar-refractivity contribution in [3.63, 3.8) is 0 Å². The van der Waals surface area contributed by atoms with Crippen LogP contribution in [0.2, 0.25) is 0 Å². The van der Waals surface area contributed by atoms with Crippen LogP contribution in [-0.4, -0.2) is 60.7 Å². The summed E-state index contributed by atoms with van der Waals surface area (Å²) in [5, 5.41) is 2.11. The lowest BCUT2D eigenvalue weighted by Crippen LogP contribution is -2.55. The highest BCUT2D eigenvalue weighted by Gasteiger charge is 2.33. The third-order valence-electron chi connectivity index (χ3n) is 5.37. The molecule has 4 rings (SSSR count). The molecule has 1 unspecified atom stereocenters. The Morgan fingerprint density at radius 2 is 1.96 bits per heavy atom. The molecule has 5 nitrogen and oxygen atoms in total. The van der Waals surface area contributed by atoms with Gasteiger partial charge in [-0.15, -0.1) is 11.3 Å². The van der Waals surface area contributed by atoms with Gasteiger partial charge in [-0.2, -0.15) is 0 Å². The summed E-state index contributed by atoms with van der Waals surface area (Å²) in [4.78, 5) is 18.2. The molecule has 28 heavy (non-hydrogen) atoms. The molecule has 2 fully saturated rings. The highest BCUT2D eigenvalue weighted by atomic mass is 32.1. The maximum atomic E-state index is 13.0. The van der Waals surface area contributed by atoms with Gasteiger partial charge in [-0.05, 0) is 48.6 Å². The summed E-state index contributed by atoms with van der Waals surface area (Å²) in [6, 6.07) is 10.5. The lowest BCUT2D eigenvalue weighted by molar-refractivity contribution is -0.155. The van der Waals surface area contributed by atoms with Crippen molar-refractivity contribution in [3.8, 4) is 5.75 Å². The normalized spacial score (nSPS) is 21.8. The first-order chi connectivity index (χ1) is 13.7. The maximum absolute atomic E-state index is 13.0. The Hall–Kier alpha value is -1.96. The van der Waals surface area contributed by atoms with Gasteiger partial charge in [-0.1, -0.05) is 6.07 Å². The van der Waals surface area contributed by atoms with Gasteiger partial charge in [-0.25, -0.2) is 4.39 Å². The Morgan fingerprint density at radius 3 is 2.68 bits per heavy atom. The van der Waals surface area contributed by atoms with Gasteiger partial charge in [0, 0.05) is 30.6 Å². The second-order valence-electron chi connectivity index (χ2n) is 7.33. The predicted molar refractivity (Wildman–Crippen MR) is 106 cm³/mol. The quantitative estimate of drug-likeness (QED) is 0.742. The molecule has 1 aromatic carbocycles. The van der Waals surface area contributed by atoms with Crippen molar-refractivity contribution in [2.24, 2.45) is 0 Å². The number of hydrogen-bond acceptors (Lipinski definition) is 5. The Balaban J connectivity index is 1.26. The number of piperidine rings is 1. The van der Waals surface area contributed by atoms with Crippen molar-refractivity contribution in [3.05, 3.63) is 52.5 Å². The average Bonchev–Trinajstić information content (AvgIpc) is 3.22. The third-order valence-corrected chi connectivity index (χ3v) is 6.23. The number of carbonyl (C=O) groups is 1. The number of ether oxygens (including phenoxy) is 2. The SMILES string of the molecule is O=C1COC(COc2ccc(F)cc2)CN1C1CCN(Cc2cccs2)CC1. The molecular weight excluding hydrogens is 379 g/mol. The van der Waals surface area contributed by atoms with Crippen LogP contribution in [-0.2, 0) is 16.1 Å². The van der Waals surface area contributed by atoms with Crippen LogP contribution < -0.4 is 4.74 Å². The minimum atomic E-state index is -0.288. The number of hydrogen-bond donors (Lipinski definition) is 0. The Morgan fingerprint density at radius 1 is 1.18 bits per heavy atom. The van der Waals surface area contributed by atoms with Crippen molar-refractivity contribution >= 4 is 17.2 Å². The van der Waals surface area contributed by atoms with Crippen molar-refractivity contribution < 1.29 is 18.7 Å². The summed E-state index contributed by atoms with van der Waals surface area (Å²) in [5.74, 6) is 0.383. The monoisotopic (exact) mass is 404 g/mol. The first kappa shape index (κ1) is 19.4. The summed E-state index contributed by atoms with van der Waals surface area (Å²) in [6.07, 6.45) is 1.82. The van der Waals surface area contributed by atoms with E-state index in [1.807, 2.05) is 4.90 Å². The van der Waals surface area contributed by atoms with Crippen LogP contribution in [0.15, 0.2) is 41.8 Å². The predicted octanol–water partition coefficient (Wildman–Crippen LogP) is 3.16. The van der Waals surface area contributed by atoms with Crippen LogP contribution in [0.3, 0.4) is 0 Å². The van der Waals surface area contributed by atoms with E-state index in [0.717, 1.165) is 32.5 Å². The number of carbonyl (C=O) groups excluding carboxylic acids is 1. The number of thiophene rings is 1. The van der Waals surface area contributed by atoms with E-state index in [0.29, 0.717) is 18.9 Å². The van der Waals surface area contributed by atoms with Crippen LogP contribution in [0.1, 0.15) is 17.7 Å². The molecule has 1 atom stereocenters. The van der Waals surface area contributed by atoms with Crippen molar-refractivity contribution in [1.82, 2.24) is 9.80 Å². The first-order valence-corrected chi connectivity index (χ1v) is 10.6. The molecular formula is C21H25FN2O3S. The number of halogens is 1. The van der Waals surface area contributed by atoms with Crippen LogP contribution in [0.5, 0.6) is 5.75 Å². The molecule has 2 aliphatic rings. The second kappa shape index (κ2) is 9.03. The molecule has 2 saturated heterocycles. The lowest BCUT2D eigenvalue weighted by atomic mass is 10.0. The van der Waals surface area contributed by atoms with E-state index in [1.165, 1.54) is 17.0 Å². The number of benzene rings is 1. The van der Waals surface area contributed by atoms with Gasteiger partial charge in [0.15, 0.2) is 0 Å². The van der Waals surface area contributed by atoms with Crippen LogP contribution >= 0.6 is 11.3 Å². The number of rotatable bonds is 6. The van der Waals surface area contributed by atoms with E-state index >= 15 is 0 Å². The zero-order valence-electron chi connectivity index (χ0n) is 15.8. The maximum Gasteiger partial charge on any atom is 0.248 e. The van der Waals surface area contributed by atoms with E-state index < -0.39 is 0 Å². The smallest absolute Gasteiger partial charge is 0.248 e. The molecule has 0 bridgehead atoms. The van der Waals surface area contributed by atoms with Gasteiger partial charge in [-0.3, -0.25) is 9.69 Å². The first-order valence-electron chi connectivity index (χ1n) is 9.71. The van der Waals surface area contributed by atoms with E-state index in [4.69, 9.17) is 9.47 Å². The molecule has 0 N–H and O–H groups in total. The molecule has 2 aromatic rings. The second-order valence-corrected chi connectivity index (χ2v) is 8.36. The van der Waals surface area contributed by atoms with Gasteiger partial charge < -0.3 is 14.4 Å². The molecule has 1 amide bonds. The van der Waals surface area contributed by atoms with Crippen LogP contribution in [0, 0.1) is 5.82 Å². The topological polar surface area (TPSA) is 42.0 Å². The Kier molecular flexibility index (Phi) is 6.24. The third kappa shape index (κ3) is 4.90. The molecule has 3 heterocycles. The number of amides is 1. The van der Waals surface area contributed by atoms with Crippen molar-refractivity contribution in [2.75, 3.05) is 32.8 Å². The number of morpholine rings is 1. The molecule has 7 heteroatoms. The highest BCUT2D eigenvalue weighted by molar-refractivity contribution is 7.09. The fraction of sp³-hybridized carbons (Fsp3) is 0.476. The standard InChI is InChI=1S/C21H25FN2O3S/c22-16-3-5-18(6-4-16)26-14-19-12-24(21(25)15-27-19)17-7-9-23(10-8-17)13-20-2-1-11-28-20/h1-6,11,17,19H,7-10,12-15H2. The molecule has 0 spiro atoms. The molecule has 0 saturated carbocycles. The fourth-order valence-electron chi connectivity index (χ4n) is 3.83. The van der Waals surface area contributed by atoms with Gasteiger partial charge >= 0.3 is 0 Å². The molecule has 0 aliphatic carbocycles. The van der Waals surface area contributed by atoms with Gasteiger partial charge in [0.05, 0.1) is 6.54 Å². The van der Waals surface area contributed by atoms with E-state index in [9.17, 15) is 9.18 Å². The molecule has 1 aromatic heterocycles. The van der Waals surface area contributed by atoms with Gasteiger partial charge in [0.2, 0.25) is 5.91 Å². The average molecular weight is 405 g/mol. The molecule has 2 aliphatic heterocycles. The van der Waals surface area contributed by atoms with E-state index in [-0.39, 0.29) is 30.5 Å². The highest BCUT2D eigenvalue weighted by Crippen LogP contribution is 2.23. The minimum Gasteiger partial charge on any atom is -0.491 e. The molecule has 150 valence electrons. The minimum absolute atomic E-state index is 0.0646. The van der Waals surface area contributed by atoms with Crippen LogP contribution in [0.25, 0.3) is 0 Å². The summed E-state index contributed by atoms with van der Waals surface area (Å²) in [5.41, 5.74) is 0. The van der Waals surface area contributed by atoms with Gasteiger partial charge in [0.25, 0.3) is 0 Å². The summed E-state index contributed by atoms with van der Waals surface area (Å²) < 4.78 is 24.3. The fourth-order valence-corrected chi connectivity index (χ4v) is 4.58. The summed E-state index contributed by atoms with van der Waals surface area (Å²) in [7, 11) is 0. The van der Waals surface area contributed by atoms with E-state index in [2.05, 4.69) is 22.4 Å². The summed E-state index contributed by atoms with van der Waals surface area (Å²) >= 11 is 1.79. The Labute approximate surface area is 168 Å². The lowest BCUT2D eigenvalue weighted by Gasteiger charge is -2.42. The van der Waals surface area contributed by atoms with E-state index in [1.54, 1.807) is 23.5 Å². The Bertz CT molecular complexity index is 760.